The fourth-order valence-corrected chi connectivity index (χ4v) is 7.24. The van der Waals surface area contributed by atoms with Crippen molar-refractivity contribution in [1.29, 1.82) is 0 Å². The van der Waals surface area contributed by atoms with Crippen molar-refractivity contribution in [3.63, 3.8) is 0 Å². The van der Waals surface area contributed by atoms with Gasteiger partial charge >= 0.3 is 0 Å². The summed E-state index contributed by atoms with van der Waals surface area (Å²) in [6, 6.07) is 16.3. The minimum absolute atomic E-state index is 0.0321. The number of amides is 1. The number of nitrogens with zero attached hydrogens (tertiary/aromatic N) is 2. The Morgan fingerprint density at radius 3 is 2.09 bits per heavy atom. The first-order valence-corrected chi connectivity index (χ1v) is 12.0. The van der Waals surface area contributed by atoms with Gasteiger partial charge in [0.1, 0.15) is 0 Å². The van der Waals surface area contributed by atoms with Gasteiger partial charge in [0.2, 0.25) is 0 Å². The molecule has 1 aromatic heterocycles. The first-order chi connectivity index (χ1) is 15.5. The van der Waals surface area contributed by atoms with E-state index in [-0.39, 0.29) is 11.3 Å². The van der Waals surface area contributed by atoms with E-state index in [0.717, 1.165) is 51.5 Å². The second kappa shape index (κ2) is 7.33. The molecule has 0 unspecified atom stereocenters. The van der Waals surface area contributed by atoms with Gasteiger partial charge in [0.15, 0.2) is 0 Å². The fourth-order valence-electron chi connectivity index (χ4n) is 7.24. The topological polar surface area (TPSA) is 46.9 Å². The zero-order valence-corrected chi connectivity index (χ0v) is 19.0. The van der Waals surface area contributed by atoms with Crippen LogP contribution in [0.25, 0.3) is 5.69 Å². The van der Waals surface area contributed by atoms with Crippen molar-refractivity contribution in [2.75, 3.05) is 5.32 Å². The number of hydrogen-bond acceptors (Lipinski definition) is 2. The summed E-state index contributed by atoms with van der Waals surface area (Å²) in [5.74, 6) is 2.38. The Labute approximate surface area is 190 Å². The van der Waals surface area contributed by atoms with Crippen LogP contribution < -0.4 is 5.32 Å². The Bertz CT molecular complexity index is 1120. The van der Waals surface area contributed by atoms with Crippen LogP contribution in [0.4, 0.5) is 5.69 Å². The highest BCUT2D eigenvalue weighted by atomic mass is 16.1. The van der Waals surface area contributed by atoms with Gasteiger partial charge in [0.05, 0.1) is 16.9 Å². The van der Waals surface area contributed by atoms with E-state index in [4.69, 9.17) is 5.10 Å². The van der Waals surface area contributed by atoms with Gasteiger partial charge in [-0.25, -0.2) is 4.68 Å². The molecule has 0 atom stereocenters. The van der Waals surface area contributed by atoms with E-state index in [2.05, 4.69) is 43.4 Å². The number of nitrogens with one attached hydrogen (secondary N) is 1. The van der Waals surface area contributed by atoms with Gasteiger partial charge in [0.25, 0.3) is 5.91 Å². The molecule has 7 rings (SSSR count). The second-order valence-electron chi connectivity index (χ2n) is 10.6. The number of benzene rings is 2. The van der Waals surface area contributed by atoms with Crippen molar-refractivity contribution in [2.45, 2.75) is 57.8 Å². The molecule has 164 valence electrons. The summed E-state index contributed by atoms with van der Waals surface area (Å²) < 4.78 is 1.92. The molecule has 3 aromatic rings. The third-order valence-corrected chi connectivity index (χ3v) is 8.24. The smallest absolute Gasteiger partial charge is 0.259 e. The summed E-state index contributed by atoms with van der Waals surface area (Å²) >= 11 is 0. The molecule has 0 saturated heterocycles. The molecule has 1 amide bonds. The average Bonchev–Trinajstić information content (AvgIpc) is 3.23. The molecule has 0 aliphatic heterocycles. The quantitative estimate of drug-likeness (QED) is 0.540. The van der Waals surface area contributed by atoms with E-state index in [0.29, 0.717) is 0 Å². The standard InChI is InChI=1S/C28H31N3O/c1-18-7-6-8-19(2)25(18)29-27(32)24-17-31(23-9-4-3-5-10-23)30-26(24)28-14-20-11-21(15-28)13-22(12-20)16-28/h3-10,17,20-22H,11-16H2,1-2H3,(H,29,32). The molecule has 4 aliphatic carbocycles. The van der Waals surface area contributed by atoms with Crippen molar-refractivity contribution in [1.82, 2.24) is 9.78 Å². The van der Waals surface area contributed by atoms with Crippen molar-refractivity contribution in [3.8, 4) is 5.69 Å². The van der Waals surface area contributed by atoms with Crippen LogP contribution in [0.1, 0.15) is 65.7 Å². The van der Waals surface area contributed by atoms with Crippen molar-refractivity contribution >= 4 is 11.6 Å². The lowest BCUT2D eigenvalue weighted by molar-refractivity contribution is -0.00765. The van der Waals surface area contributed by atoms with E-state index in [1.165, 1.54) is 38.5 Å². The van der Waals surface area contributed by atoms with Gasteiger partial charge in [-0.2, -0.15) is 5.10 Å². The van der Waals surface area contributed by atoms with Crippen LogP contribution >= 0.6 is 0 Å². The maximum atomic E-state index is 13.7. The van der Waals surface area contributed by atoms with Crippen LogP contribution in [0, 0.1) is 31.6 Å². The van der Waals surface area contributed by atoms with E-state index in [1.54, 1.807) is 0 Å². The first kappa shape index (κ1) is 19.8. The van der Waals surface area contributed by atoms with Gasteiger partial charge < -0.3 is 5.32 Å². The predicted octanol–water partition coefficient (Wildman–Crippen LogP) is 6.21. The lowest BCUT2D eigenvalue weighted by Gasteiger charge is -2.56. The molecule has 32 heavy (non-hydrogen) atoms. The van der Waals surface area contributed by atoms with E-state index < -0.39 is 0 Å². The molecule has 4 bridgehead atoms. The number of para-hydroxylation sites is 2. The average molecular weight is 426 g/mol. The van der Waals surface area contributed by atoms with Crippen LogP contribution in [-0.4, -0.2) is 15.7 Å². The second-order valence-corrected chi connectivity index (χ2v) is 10.6. The Hall–Kier alpha value is -2.88. The zero-order valence-electron chi connectivity index (χ0n) is 19.0. The highest BCUT2D eigenvalue weighted by Crippen LogP contribution is 2.60. The Morgan fingerprint density at radius 1 is 0.906 bits per heavy atom. The number of aromatic nitrogens is 2. The van der Waals surface area contributed by atoms with Crippen molar-refractivity contribution in [3.05, 3.63) is 77.1 Å². The summed E-state index contributed by atoms with van der Waals surface area (Å²) in [5.41, 5.74) is 5.94. The summed E-state index contributed by atoms with van der Waals surface area (Å²) in [6.45, 7) is 4.10. The van der Waals surface area contributed by atoms with Crippen LogP contribution in [0.5, 0.6) is 0 Å². The Balaban J connectivity index is 1.44. The molecule has 4 saturated carbocycles. The number of carbonyl (C=O) groups is 1. The van der Waals surface area contributed by atoms with Gasteiger partial charge in [0, 0.05) is 17.3 Å². The van der Waals surface area contributed by atoms with Gasteiger partial charge in [-0.3, -0.25) is 4.79 Å². The van der Waals surface area contributed by atoms with Crippen LogP contribution in [0.3, 0.4) is 0 Å². The maximum Gasteiger partial charge on any atom is 0.259 e. The summed E-state index contributed by atoms with van der Waals surface area (Å²) in [6.07, 6.45) is 9.66. The molecular weight excluding hydrogens is 394 g/mol. The molecule has 1 N–H and O–H groups in total. The van der Waals surface area contributed by atoms with Crippen LogP contribution in [0.2, 0.25) is 0 Å². The third kappa shape index (κ3) is 3.19. The van der Waals surface area contributed by atoms with Gasteiger partial charge in [-0.1, -0.05) is 36.4 Å². The molecule has 4 nitrogen and oxygen atoms in total. The van der Waals surface area contributed by atoms with E-state index in [1.807, 2.05) is 35.1 Å². The minimum Gasteiger partial charge on any atom is -0.321 e. The summed E-state index contributed by atoms with van der Waals surface area (Å²) in [7, 11) is 0. The van der Waals surface area contributed by atoms with Gasteiger partial charge in [-0.15, -0.1) is 0 Å². The summed E-state index contributed by atoms with van der Waals surface area (Å²) in [5, 5.41) is 8.37. The molecule has 4 fully saturated rings. The molecule has 0 spiro atoms. The van der Waals surface area contributed by atoms with E-state index >= 15 is 0 Å². The Kier molecular flexibility index (Phi) is 4.53. The number of aryl methyl sites for hydroxylation is 2. The first-order valence-electron chi connectivity index (χ1n) is 12.0. The number of rotatable bonds is 4. The highest BCUT2D eigenvalue weighted by Gasteiger charge is 2.53. The number of hydrogen-bond donors (Lipinski definition) is 1. The largest absolute Gasteiger partial charge is 0.321 e. The van der Waals surface area contributed by atoms with Crippen LogP contribution in [-0.2, 0) is 5.41 Å². The molecule has 4 aliphatic rings. The third-order valence-electron chi connectivity index (χ3n) is 8.24. The summed E-state index contributed by atoms with van der Waals surface area (Å²) in [4.78, 5) is 13.7. The fraction of sp³-hybridized carbons (Fsp3) is 0.429. The highest BCUT2D eigenvalue weighted by molar-refractivity contribution is 6.06. The van der Waals surface area contributed by atoms with Crippen molar-refractivity contribution in [2.24, 2.45) is 17.8 Å². The van der Waals surface area contributed by atoms with Gasteiger partial charge in [-0.05, 0) is 93.4 Å². The van der Waals surface area contributed by atoms with Crippen LogP contribution in [0.15, 0.2) is 54.7 Å². The monoisotopic (exact) mass is 425 g/mol. The minimum atomic E-state index is -0.0321. The van der Waals surface area contributed by atoms with E-state index in [9.17, 15) is 4.79 Å². The molecule has 0 radical (unpaired) electrons. The molecule has 1 heterocycles. The van der Waals surface area contributed by atoms with Crippen molar-refractivity contribution < 1.29 is 4.79 Å². The normalized spacial score (nSPS) is 28.1. The lowest BCUT2D eigenvalue weighted by atomic mass is 9.48. The predicted molar refractivity (Wildman–Crippen MR) is 127 cm³/mol. The number of anilines is 1. The zero-order chi connectivity index (χ0) is 21.9. The number of carbonyl (C=O) groups excluding carboxylic acids is 1. The maximum absolute atomic E-state index is 13.7. The molecule has 2 aromatic carbocycles. The SMILES string of the molecule is Cc1cccc(C)c1NC(=O)c1cn(-c2ccccc2)nc1C12CC3CC(CC(C3)C1)C2. The lowest BCUT2D eigenvalue weighted by Crippen LogP contribution is -2.49. The Morgan fingerprint density at radius 2 is 1.50 bits per heavy atom. The molecule has 4 heteroatoms. The molecular formula is C28H31N3O.